The summed E-state index contributed by atoms with van der Waals surface area (Å²) in [6.07, 6.45) is -4.80. The second kappa shape index (κ2) is 6.20. The lowest BCUT2D eigenvalue weighted by atomic mass is 10.1. The van der Waals surface area contributed by atoms with Crippen molar-refractivity contribution in [3.8, 4) is 0 Å². The highest BCUT2D eigenvalue weighted by Crippen LogP contribution is 2.23. The topological polar surface area (TPSA) is 89.9 Å². The normalized spacial score (nSPS) is 20.2. The number of halogens is 3. The molecular formula is C10H15F3N2O4. The minimum atomic E-state index is -4.50. The fourth-order valence-corrected chi connectivity index (χ4v) is 1.79. The molecule has 6 nitrogen and oxygen atoms in total. The van der Waals surface area contributed by atoms with Crippen LogP contribution in [0.5, 0.6) is 0 Å². The molecule has 1 saturated heterocycles. The summed E-state index contributed by atoms with van der Waals surface area (Å²) in [7, 11) is 0. The Kier molecular flexibility index (Phi) is 5.12. The number of hydrogen-bond acceptors (Lipinski definition) is 4. The Hall–Kier alpha value is -1.35. The molecule has 1 rings (SSSR count). The molecule has 1 aliphatic rings. The monoisotopic (exact) mass is 284 g/mol. The lowest BCUT2D eigenvalue weighted by Gasteiger charge is -2.19. The summed E-state index contributed by atoms with van der Waals surface area (Å²) in [5.74, 6) is -2.27. The van der Waals surface area contributed by atoms with Gasteiger partial charge in [-0.25, -0.2) is 0 Å². The lowest BCUT2D eigenvalue weighted by Crippen LogP contribution is -2.44. The molecule has 3 N–H and O–H groups in total. The molecule has 0 aliphatic carbocycles. The van der Waals surface area contributed by atoms with Crippen LogP contribution < -0.4 is 5.32 Å². The van der Waals surface area contributed by atoms with Gasteiger partial charge in [0.25, 0.3) is 0 Å². The molecule has 110 valence electrons. The Morgan fingerprint density at radius 1 is 1.42 bits per heavy atom. The molecule has 0 aromatic carbocycles. The van der Waals surface area contributed by atoms with Crippen LogP contribution in [0.25, 0.3) is 0 Å². The summed E-state index contributed by atoms with van der Waals surface area (Å²) in [5, 5.41) is 19.8. The molecule has 1 aliphatic heterocycles. The number of rotatable bonds is 5. The SMILES string of the molecule is O=C(NC(CO)CO)C1CC(=O)N(CC(F)(F)F)C1. The number of likely N-dealkylation sites (tertiary alicyclic amines) is 1. The summed E-state index contributed by atoms with van der Waals surface area (Å²) in [6.45, 7) is -2.67. The van der Waals surface area contributed by atoms with E-state index in [2.05, 4.69) is 5.32 Å². The van der Waals surface area contributed by atoms with Crippen LogP contribution in [-0.2, 0) is 9.59 Å². The summed E-state index contributed by atoms with van der Waals surface area (Å²) in [4.78, 5) is 23.6. The molecule has 2 amide bonds. The molecule has 0 saturated carbocycles. The fraction of sp³-hybridized carbons (Fsp3) is 0.800. The number of amides is 2. The Labute approximate surface area is 107 Å². The first-order valence-corrected chi connectivity index (χ1v) is 5.63. The fourth-order valence-electron chi connectivity index (χ4n) is 1.79. The molecule has 0 aromatic heterocycles. The van der Waals surface area contributed by atoms with Crippen molar-refractivity contribution in [2.75, 3.05) is 26.3 Å². The third-order valence-corrected chi connectivity index (χ3v) is 2.74. The van der Waals surface area contributed by atoms with E-state index >= 15 is 0 Å². The Bertz CT molecular complexity index is 344. The lowest BCUT2D eigenvalue weighted by molar-refractivity contribution is -0.157. The van der Waals surface area contributed by atoms with Crippen LogP contribution in [0.1, 0.15) is 6.42 Å². The van der Waals surface area contributed by atoms with Crippen LogP contribution >= 0.6 is 0 Å². The van der Waals surface area contributed by atoms with Crippen LogP contribution in [0.2, 0.25) is 0 Å². The first kappa shape index (κ1) is 15.7. The smallest absolute Gasteiger partial charge is 0.394 e. The predicted molar refractivity (Wildman–Crippen MR) is 56.8 cm³/mol. The molecule has 0 bridgehead atoms. The van der Waals surface area contributed by atoms with Gasteiger partial charge in [-0.1, -0.05) is 0 Å². The molecule has 1 atom stereocenters. The molecular weight excluding hydrogens is 269 g/mol. The Morgan fingerprint density at radius 2 is 2.00 bits per heavy atom. The molecule has 0 aromatic rings. The number of aliphatic hydroxyl groups is 2. The van der Waals surface area contributed by atoms with E-state index in [1.807, 2.05) is 0 Å². The number of aliphatic hydroxyl groups excluding tert-OH is 2. The first-order chi connectivity index (χ1) is 8.76. The molecule has 1 fully saturated rings. The highest BCUT2D eigenvalue weighted by atomic mass is 19.4. The van der Waals surface area contributed by atoms with Crippen molar-refractivity contribution in [2.24, 2.45) is 5.92 Å². The number of carbonyl (C=O) groups is 2. The van der Waals surface area contributed by atoms with Crippen LogP contribution in [0.15, 0.2) is 0 Å². The summed E-state index contributed by atoms with van der Waals surface area (Å²) in [5.41, 5.74) is 0. The average molecular weight is 284 g/mol. The van der Waals surface area contributed by atoms with Gasteiger partial charge >= 0.3 is 6.18 Å². The minimum absolute atomic E-state index is 0.300. The van der Waals surface area contributed by atoms with Gasteiger partial charge in [0, 0.05) is 13.0 Å². The number of nitrogens with zero attached hydrogens (tertiary/aromatic N) is 1. The third kappa shape index (κ3) is 4.67. The van der Waals surface area contributed by atoms with E-state index in [1.165, 1.54) is 0 Å². The molecule has 19 heavy (non-hydrogen) atoms. The minimum Gasteiger partial charge on any atom is -0.394 e. The van der Waals surface area contributed by atoms with E-state index in [9.17, 15) is 22.8 Å². The van der Waals surface area contributed by atoms with Crippen molar-refractivity contribution in [1.82, 2.24) is 10.2 Å². The first-order valence-electron chi connectivity index (χ1n) is 5.63. The number of carbonyl (C=O) groups excluding carboxylic acids is 2. The van der Waals surface area contributed by atoms with Crippen LogP contribution in [-0.4, -0.2) is 65.4 Å². The van der Waals surface area contributed by atoms with Gasteiger partial charge in [0.05, 0.1) is 25.2 Å². The maximum absolute atomic E-state index is 12.2. The van der Waals surface area contributed by atoms with Crippen molar-refractivity contribution < 1.29 is 33.0 Å². The zero-order valence-electron chi connectivity index (χ0n) is 9.98. The summed E-state index contributed by atoms with van der Waals surface area (Å²) in [6, 6.07) is -0.876. The van der Waals surface area contributed by atoms with E-state index < -0.39 is 49.7 Å². The van der Waals surface area contributed by atoms with Gasteiger partial charge in [-0.05, 0) is 0 Å². The van der Waals surface area contributed by atoms with Crippen molar-refractivity contribution in [2.45, 2.75) is 18.6 Å². The standard InChI is InChI=1S/C10H15F3N2O4/c11-10(12,13)5-15-2-6(1-8(15)18)9(19)14-7(3-16)4-17/h6-7,16-17H,1-5H2,(H,14,19). The van der Waals surface area contributed by atoms with Gasteiger partial charge in [0.1, 0.15) is 6.54 Å². The van der Waals surface area contributed by atoms with Crippen molar-refractivity contribution >= 4 is 11.8 Å². The molecule has 0 spiro atoms. The number of nitrogens with one attached hydrogen (secondary N) is 1. The predicted octanol–water partition coefficient (Wildman–Crippen LogP) is -1.13. The Morgan fingerprint density at radius 3 is 2.47 bits per heavy atom. The highest BCUT2D eigenvalue weighted by molar-refractivity contribution is 5.89. The van der Waals surface area contributed by atoms with Gasteiger partial charge in [0.2, 0.25) is 11.8 Å². The van der Waals surface area contributed by atoms with E-state index in [4.69, 9.17) is 10.2 Å². The average Bonchev–Trinajstić information content (AvgIpc) is 2.65. The van der Waals surface area contributed by atoms with E-state index in [0.29, 0.717) is 4.90 Å². The number of alkyl halides is 3. The van der Waals surface area contributed by atoms with Gasteiger partial charge in [-0.2, -0.15) is 13.2 Å². The van der Waals surface area contributed by atoms with E-state index in [1.54, 1.807) is 0 Å². The van der Waals surface area contributed by atoms with Crippen molar-refractivity contribution in [3.05, 3.63) is 0 Å². The van der Waals surface area contributed by atoms with Gasteiger partial charge < -0.3 is 20.4 Å². The van der Waals surface area contributed by atoms with Crippen molar-refractivity contribution in [3.63, 3.8) is 0 Å². The Balaban J connectivity index is 2.54. The summed E-state index contributed by atoms with van der Waals surface area (Å²) >= 11 is 0. The largest absolute Gasteiger partial charge is 0.406 e. The van der Waals surface area contributed by atoms with Gasteiger partial charge in [0.15, 0.2) is 0 Å². The zero-order valence-corrected chi connectivity index (χ0v) is 9.98. The second-order valence-electron chi connectivity index (χ2n) is 4.36. The van der Waals surface area contributed by atoms with Crippen molar-refractivity contribution in [1.29, 1.82) is 0 Å². The molecule has 9 heteroatoms. The van der Waals surface area contributed by atoms with E-state index in [0.717, 1.165) is 0 Å². The molecule has 1 unspecified atom stereocenters. The number of hydrogen-bond donors (Lipinski definition) is 3. The van der Waals surface area contributed by atoms with Crippen LogP contribution in [0, 0.1) is 5.92 Å². The highest BCUT2D eigenvalue weighted by Gasteiger charge is 2.40. The van der Waals surface area contributed by atoms with Crippen LogP contribution in [0.4, 0.5) is 13.2 Å². The summed E-state index contributed by atoms with van der Waals surface area (Å²) < 4.78 is 36.5. The quantitative estimate of drug-likeness (QED) is 0.596. The zero-order chi connectivity index (χ0) is 14.6. The van der Waals surface area contributed by atoms with Crippen LogP contribution in [0.3, 0.4) is 0 Å². The van der Waals surface area contributed by atoms with Gasteiger partial charge in [-0.3, -0.25) is 9.59 Å². The molecule has 1 heterocycles. The third-order valence-electron chi connectivity index (χ3n) is 2.74. The van der Waals surface area contributed by atoms with E-state index in [-0.39, 0.29) is 13.0 Å². The second-order valence-corrected chi connectivity index (χ2v) is 4.36. The maximum atomic E-state index is 12.2. The maximum Gasteiger partial charge on any atom is 0.406 e. The molecule has 0 radical (unpaired) electrons. The van der Waals surface area contributed by atoms with Gasteiger partial charge in [-0.15, -0.1) is 0 Å².